The van der Waals surface area contributed by atoms with Crippen LogP contribution < -0.4 is 10.3 Å². The first kappa shape index (κ1) is 14.7. The van der Waals surface area contributed by atoms with Crippen LogP contribution in [0.15, 0.2) is 17.5 Å². The lowest BCUT2D eigenvalue weighted by Gasteiger charge is -2.45. The highest BCUT2D eigenvalue weighted by molar-refractivity contribution is 5.99. The van der Waals surface area contributed by atoms with E-state index in [1.165, 1.54) is 6.42 Å². The van der Waals surface area contributed by atoms with E-state index >= 15 is 0 Å². The molecule has 2 fully saturated rings. The average Bonchev–Trinajstić information content (AvgIpc) is 3.05. The summed E-state index contributed by atoms with van der Waals surface area (Å²) >= 11 is 0. The second-order valence-corrected chi connectivity index (χ2v) is 8.02. The van der Waals surface area contributed by atoms with E-state index in [2.05, 4.69) is 37.6 Å². The van der Waals surface area contributed by atoms with E-state index in [4.69, 9.17) is 0 Å². The maximum Gasteiger partial charge on any atom is 0.291 e. The van der Waals surface area contributed by atoms with Crippen LogP contribution in [0.5, 0.6) is 0 Å². The molecule has 2 aliphatic heterocycles. The molecule has 2 aromatic rings. The maximum absolute atomic E-state index is 14.5. The van der Waals surface area contributed by atoms with Gasteiger partial charge in [0.05, 0.1) is 18.1 Å². The molecular weight excluding hydrogens is 335 g/mol. The fraction of sp³-hybridized carbons (Fsp3) is 0.647. The fourth-order valence-electron chi connectivity index (χ4n) is 5.07. The zero-order valence-corrected chi connectivity index (χ0v) is 14.6. The molecular formula is C17H21FN8. The summed E-state index contributed by atoms with van der Waals surface area (Å²) in [6, 6.07) is 0.142. The number of hydrogen-bond acceptors (Lipinski definition) is 6. The number of rotatable bonds is 1. The van der Waals surface area contributed by atoms with Gasteiger partial charge in [-0.3, -0.25) is 14.9 Å². The first-order valence-electron chi connectivity index (χ1n) is 9.50. The van der Waals surface area contributed by atoms with Gasteiger partial charge in [0.25, 0.3) is 12.0 Å². The summed E-state index contributed by atoms with van der Waals surface area (Å²) in [5.74, 6) is 2.84. The molecule has 0 amide bonds. The van der Waals surface area contributed by atoms with Crippen molar-refractivity contribution in [3.8, 4) is 0 Å². The van der Waals surface area contributed by atoms with Crippen LogP contribution in [0.4, 0.5) is 10.2 Å². The second kappa shape index (κ2) is 5.05. The molecule has 1 N–H and O–H groups in total. The molecule has 2 aromatic heterocycles. The molecule has 0 saturated heterocycles. The molecule has 0 aromatic carbocycles. The molecule has 0 bridgehead atoms. The van der Waals surface area contributed by atoms with Crippen LogP contribution in [-0.4, -0.2) is 36.7 Å². The molecule has 5 unspecified atom stereocenters. The first-order chi connectivity index (χ1) is 12.7. The van der Waals surface area contributed by atoms with E-state index in [-0.39, 0.29) is 12.2 Å². The van der Waals surface area contributed by atoms with Crippen LogP contribution in [0.3, 0.4) is 0 Å². The summed E-state index contributed by atoms with van der Waals surface area (Å²) in [5, 5.41) is 13.0. The highest BCUT2D eigenvalue weighted by Crippen LogP contribution is 2.48. The minimum absolute atomic E-state index is 0.0209. The Morgan fingerprint density at radius 1 is 1.23 bits per heavy atom. The van der Waals surface area contributed by atoms with Gasteiger partial charge in [0.2, 0.25) is 0 Å². The zero-order chi connectivity index (χ0) is 17.4. The van der Waals surface area contributed by atoms with E-state index in [1.54, 1.807) is 10.8 Å². The Morgan fingerprint density at radius 3 is 2.92 bits per heavy atom. The summed E-state index contributed by atoms with van der Waals surface area (Å²) in [6.07, 6.45) is 8.55. The maximum atomic E-state index is 14.5. The van der Waals surface area contributed by atoms with E-state index in [1.807, 2.05) is 10.9 Å². The van der Waals surface area contributed by atoms with Gasteiger partial charge in [-0.25, -0.2) is 4.98 Å². The van der Waals surface area contributed by atoms with Crippen molar-refractivity contribution in [2.45, 2.75) is 57.2 Å². The first-order valence-corrected chi connectivity index (χ1v) is 9.50. The average molecular weight is 356 g/mol. The Labute approximate surface area is 150 Å². The molecule has 9 heteroatoms. The Kier molecular flexibility index (Phi) is 2.85. The third-order valence-electron chi connectivity index (χ3n) is 6.54. The van der Waals surface area contributed by atoms with Crippen LogP contribution in [-0.2, 0) is 0 Å². The number of hydrogen-bond donors (Lipinski definition) is 1. The van der Waals surface area contributed by atoms with Crippen molar-refractivity contribution in [3.05, 3.63) is 24.2 Å². The molecule has 0 spiro atoms. The van der Waals surface area contributed by atoms with Gasteiger partial charge in [-0.05, 0) is 25.2 Å². The van der Waals surface area contributed by atoms with E-state index in [0.29, 0.717) is 23.7 Å². The number of aromatic nitrogens is 5. The minimum Gasteiger partial charge on any atom is -0.283 e. The normalized spacial score (nSPS) is 34.6. The minimum atomic E-state index is -0.406. The quantitative estimate of drug-likeness (QED) is 0.846. The Balaban J connectivity index is 1.46. The Hall–Kier alpha value is -2.45. The number of nitrogens with zero attached hydrogens (tertiary/aromatic N) is 7. The molecule has 136 valence electrons. The van der Waals surface area contributed by atoms with Gasteiger partial charge >= 0.3 is 0 Å². The lowest BCUT2D eigenvalue weighted by Crippen LogP contribution is -2.55. The molecule has 2 saturated carbocycles. The third-order valence-corrected chi connectivity index (χ3v) is 6.54. The largest absolute Gasteiger partial charge is 0.291 e. The highest BCUT2D eigenvalue weighted by Gasteiger charge is 2.49. The van der Waals surface area contributed by atoms with Gasteiger partial charge in [0.1, 0.15) is 12.0 Å². The smallest absolute Gasteiger partial charge is 0.283 e. The molecule has 8 nitrogen and oxygen atoms in total. The summed E-state index contributed by atoms with van der Waals surface area (Å²) in [5.41, 5.74) is 4.39. The molecule has 4 aliphatic rings. The molecule has 4 heterocycles. The van der Waals surface area contributed by atoms with Gasteiger partial charge in [-0.2, -0.15) is 9.07 Å². The number of anilines is 1. The molecule has 2 aliphatic carbocycles. The molecule has 6 rings (SSSR count). The summed E-state index contributed by atoms with van der Waals surface area (Å²) < 4.78 is 18.1. The van der Waals surface area contributed by atoms with Crippen molar-refractivity contribution in [3.63, 3.8) is 0 Å². The topological polar surface area (TPSA) is 76.2 Å². The summed E-state index contributed by atoms with van der Waals surface area (Å²) in [4.78, 5) is 6.04. The number of imidazole rings is 1. The van der Waals surface area contributed by atoms with Gasteiger partial charge in [-0.1, -0.05) is 25.0 Å². The standard InChI is InChI=1S/C17H21FN8/c1-9-6-11(9)13-7-20-23-26(13)17-22-21-15-10-4-2-3-5-12(10)24-14(25(15)17)8-19-16(24)18/h7-12,15,21H,2-6H2,1H3. The van der Waals surface area contributed by atoms with Crippen molar-refractivity contribution in [1.29, 1.82) is 0 Å². The highest BCUT2D eigenvalue weighted by atomic mass is 19.1. The predicted octanol–water partition coefficient (Wildman–Crippen LogP) is 2.04. The van der Waals surface area contributed by atoms with Crippen molar-refractivity contribution in [2.24, 2.45) is 16.9 Å². The molecule has 26 heavy (non-hydrogen) atoms. The van der Waals surface area contributed by atoms with E-state index in [9.17, 15) is 4.39 Å². The Bertz CT molecular complexity index is 900. The van der Waals surface area contributed by atoms with Crippen LogP contribution in [0.2, 0.25) is 0 Å². The summed E-state index contributed by atoms with van der Waals surface area (Å²) in [7, 11) is 0. The number of nitrogens with one attached hydrogen (secondary N) is 1. The SMILES string of the molecule is CC1CC1c1cnnn1C1=NNC2C3CCCCC3n3c(cnc3F)N12. The molecule has 0 radical (unpaired) electrons. The van der Waals surface area contributed by atoms with Crippen molar-refractivity contribution >= 4 is 11.8 Å². The van der Waals surface area contributed by atoms with Gasteiger partial charge in [0, 0.05) is 17.9 Å². The predicted molar refractivity (Wildman–Crippen MR) is 92.0 cm³/mol. The number of hydrazone groups is 1. The van der Waals surface area contributed by atoms with Gasteiger partial charge in [0.15, 0.2) is 0 Å². The lowest BCUT2D eigenvalue weighted by atomic mass is 9.80. The van der Waals surface area contributed by atoms with Gasteiger partial charge in [-0.15, -0.1) is 10.2 Å². The van der Waals surface area contributed by atoms with Crippen LogP contribution in [0, 0.1) is 17.9 Å². The fourth-order valence-corrected chi connectivity index (χ4v) is 5.07. The van der Waals surface area contributed by atoms with E-state index < -0.39 is 6.08 Å². The van der Waals surface area contributed by atoms with Crippen LogP contribution in [0.1, 0.15) is 56.7 Å². The number of fused-ring (bicyclic) bond motifs is 6. The lowest BCUT2D eigenvalue weighted by molar-refractivity contribution is 0.161. The summed E-state index contributed by atoms with van der Waals surface area (Å²) in [6.45, 7) is 2.23. The zero-order valence-electron chi connectivity index (χ0n) is 14.6. The molecule has 5 atom stereocenters. The monoisotopic (exact) mass is 356 g/mol. The van der Waals surface area contributed by atoms with Crippen molar-refractivity contribution in [1.82, 2.24) is 30.0 Å². The number of halogens is 1. The van der Waals surface area contributed by atoms with Crippen molar-refractivity contribution in [2.75, 3.05) is 4.90 Å². The Morgan fingerprint density at radius 2 is 2.08 bits per heavy atom. The third kappa shape index (κ3) is 1.83. The van der Waals surface area contributed by atoms with Gasteiger partial charge < -0.3 is 0 Å². The second-order valence-electron chi connectivity index (χ2n) is 8.02. The van der Waals surface area contributed by atoms with Crippen LogP contribution in [0.25, 0.3) is 0 Å². The van der Waals surface area contributed by atoms with Crippen LogP contribution >= 0.6 is 0 Å². The van der Waals surface area contributed by atoms with Crippen molar-refractivity contribution < 1.29 is 4.39 Å². The van der Waals surface area contributed by atoms with E-state index in [0.717, 1.165) is 37.2 Å².